The number of hydrogen-bond donors (Lipinski definition) is 1. The van der Waals surface area contributed by atoms with Gasteiger partial charge in [0.2, 0.25) is 0 Å². The minimum absolute atomic E-state index is 0.195. The number of likely N-dealkylation sites (N-methyl/N-ethyl adjacent to an activating group) is 1. The Morgan fingerprint density at radius 3 is 2.82 bits per heavy atom. The van der Waals surface area contributed by atoms with Gasteiger partial charge < -0.3 is 10.6 Å². The summed E-state index contributed by atoms with van der Waals surface area (Å²) in [5.74, 6) is -0.356. The largest absolute Gasteiger partial charge is 0.396 e. The standard InChI is InChI=1S/C13H15FN2S/c1-16(7-6-11-3-2-8-17-11)10-4-5-13(15)12(14)9-10/h2-5,8-9H,6-7,15H2,1H3. The Morgan fingerprint density at radius 2 is 2.18 bits per heavy atom. The van der Waals surface area contributed by atoms with Gasteiger partial charge in [-0.2, -0.15) is 0 Å². The van der Waals surface area contributed by atoms with Gasteiger partial charge in [0.15, 0.2) is 0 Å². The molecule has 2 rings (SSSR count). The molecule has 0 unspecified atom stereocenters. The fourth-order valence-electron chi connectivity index (χ4n) is 1.62. The highest BCUT2D eigenvalue weighted by molar-refractivity contribution is 7.09. The summed E-state index contributed by atoms with van der Waals surface area (Å²) < 4.78 is 13.3. The zero-order valence-electron chi connectivity index (χ0n) is 9.69. The van der Waals surface area contributed by atoms with Crippen molar-refractivity contribution in [3.63, 3.8) is 0 Å². The number of rotatable bonds is 4. The number of hydrogen-bond acceptors (Lipinski definition) is 3. The lowest BCUT2D eigenvalue weighted by Crippen LogP contribution is -2.20. The van der Waals surface area contributed by atoms with Crippen molar-refractivity contribution in [1.29, 1.82) is 0 Å². The SMILES string of the molecule is CN(CCc1cccs1)c1ccc(N)c(F)c1. The van der Waals surface area contributed by atoms with Crippen LogP contribution in [-0.4, -0.2) is 13.6 Å². The van der Waals surface area contributed by atoms with Crippen molar-refractivity contribution in [3.05, 3.63) is 46.4 Å². The summed E-state index contributed by atoms with van der Waals surface area (Å²) in [4.78, 5) is 3.37. The number of halogens is 1. The Hall–Kier alpha value is -1.55. The monoisotopic (exact) mass is 250 g/mol. The molecule has 2 nitrogen and oxygen atoms in total. The van der Waals surface area contributed by atoms with Gasteiger partial charge in [-0.05, 0) is 36.1 Å². The van der Waals surface area contributed by atoms with E-state index in [1.807, 2.05) is 24.1 Å². The molecule has 0 saturated heterocycles. The van der Waals surface area contributed by atoms with Gasteiger partial charge in [0.1, 0.15) is 5.82 Å². The van der Waals surface area contributed by atoms with Gasteiger partial charge in [-0.1, -0.05) is 6.07 Å². The van der Waals surface area contributed by atoms with Gasteiger partial charge in [-0.3, -0.25) is 0 Å². The maximum Gasteiger partial charge on any atom is 0.148 e. The van der Waals surface area contributed by atoms with Crippen molar-refractivity contribution >= 4 is 22.7 Å². The van der Waals surface area contributed by atoms with Crippen LogP contribution in [0, 0.1) is 5.82 Å². The summed E-state index contributed by atoms with van der Waals surface area (Å²) in [5, 5.41) is 2.07. The summed E-state index contributed by atoms with van der Waals surface area (Å²) in [6.07, 6.45) is 0.972. The van der Waals surface area contributed by atoms with Gasteiger partial charge >= 0.3 is 0 Å². The fraction of sp³-hybridized carbons (Fsp3) is 0.231. The predicted molar refractivity (Wildman–Crippen MR) is 72.1 cm³/mol. The van der Waals surface area contributed by atoms with Crippen LogP contribution in [0.4, 0.5) is 15.8 Å². The Kier molecular flexibility index (Phi) is 3.64. The van der Waals surface area contributed by atoms with Crippen molar-refractivity contribution in [2.75, 3.05) is 24.2 Å². The molecule has 0 aliphatic carbocycles. The van der Waals surface area contributed by atoms with Crippen molar-refractivity contribution < 1.29 is 4.39 Å². The number of nitrogen functional groups attached to an aromatic ring is 1. The highest BCUT2D eigenvalue weighted by Gasteiger charge is 2.05. The van der Waals surface area contributed by atoms with Crippen molar-refractivity contribution in [3.8, 4) is 0 Å². The predicted octanol–water partition coefficient (Wildman–Crippen LogP) is 3.15. The minimum Gasteiger partial charge on any atom is -0.396 e. The van der Waals surface area contributed by atoms with E-state index in [1.165, 1.54) is 10.9 Å². The molecule has 0 aliphatic rings. The number of anilines is 2. The third-order valence-electron chi connectivity index (χ3n) is 2.70. The van der Waals surface area contributed by atoms with Crippen LogP contribution in [0.15, 0.2) is 35.7 Å². The molecule has 0 fully saturated rings. The van der Waals surface area contributed by atoms with Crippen LogP contribution in [0.3, 0.4) is 0 Å². The first-order valence-electron chi connectivity index (χ1n) is 5.45. The second kappa shape index (κ2) is 5.19. The summed E-state index contributed by atoms with van der Waals surface area (Å²) in [7, 11) is 1.96. The van der Waals surface area contributed by atoms with E-state index in [-0.39, 0.29) is 11.5 Å². The number of benzene rings is 1. The molecule has 0 amide bonds. The van der Waals surface area contributed by atoms with Gasteiger partial charge in [-0.15, -0.1) is 11.3 Å². The normalized spacial score (nSPS) is 10.5. The minimum atomic E-state index is -0.356. The van der Waals surface area contributed by atoms with Crippen LogP contribution < -0.4 is 10.6 Å². The number of thiophene rings is 1. The highest BCUT2D eigenvalue weighted by Crippen LogP contribution is 2.19. The summed E-state index contributed by atoms with van der Waals surface area (Å²) in [6.45, 7) is 0.865. The lowest BCUT2D eigenvalue weighted by Gasteiger charge is -2.19. The van der Waals surface area contributed by atoms with Gasteiger partial charge in [-0.25, -0.2) is 4.39 Å². The van der Waals surface area contributed by atoms with E-state index < -0.39 is 0 Å². The van der Waals surface area contributed by atoms with Crippen LogP contribution in [0.5, 0.6) is 0 Å². The molecule has 17 heavy (non-hydrogen) atoms. The first kappa shape index (κ1) is 11.9. The van der Waals surface area contributed by atoms with Crippen molar-refractivity contribution in [2.45, 2.75) is 6.42 Å². The molecular weight excluding hydrogens is 235 g/mol. The van der Waals surface area contributed by atoms with Crippen molar-refractivity contribution in [1.82, 2.24) is 0 Å². The summed E-state index contributed by atoms with van der Waals surface area (Å²) in [5.41, 5.74) is 6.50. The maximum absolute atomic E-state index is 13.3. The first-order chi connectivity index (χ1) is 8.16. The van der Waals surface area contributed by atoms with Crippen LogP contribution >= 0.6 is 11.3 Å². The second-order valence-corrected chi connectivity index (χ2v) is 4.99. The molecule has 1 heterocycles. The smallest absolute Gasteiger partial charge is 0.148 e. The topological polar surface area (TPSA) is 29.3 Å². The molecule has 0 aliphatic heterocycles. The van der Waals surface area contributed by atoms with Gasteiger partial charge in [0.25, 0.3) is 0 Å². The van der Waals surface area contributed by atoms with E-state index in [2.05, 4.69) is 11.4 Å². The van der Waals surface area contributed by atoms with E-state index in [0.29, 0.717) is 0 Å². The van der Waals surface area contributed by atoms with Crippen molar-refractivity contribution in [2.24, 2.45) is 0 Å². The van der Waals surface area contributed by atoms with Crippen LogP contribution in [0.25, 0.3) is 0 Å². The van der Waals surface area contributed by atoms with Gasteiger partial charge in [0.05, 0.1) is 5.69 Å². The molecule has 90 valence electrons. The van der Waals surface area contributed by atoms with Gasteiger partial charge in [0, 0.05) is 24.2 Å². The Balaban J connectivity index is 1.99. The van der Waals surface area contributed by atoms with E-state index in [4.69, 9.17) is 5.73 Å². The first-order valence-corrected chi connectivity index (χ1v) is 6.33. The molecular formula is C13H15FN2S. The average molecular weight is 250 g/mol. The zero-order valence-corrected chi connectivity index (χ0v) is 10.5. The molecule has 0 radical (unpaired) electrons. The molecule has 0 spiro atoms. The van der Waals surface area contributed by atoms with E-state index in [1.54, 1.807) is 17.4 Å². The zero-order chi connectivity index (χ0) is 12.3. The van der Waals surface area contributed by atoms with Crippen LogP contribution in [0.2, 0.25) is 0 Å². The lowest BCUT2D eigenvalue weighted by molar-refractivity contribution is 0.632. The molecule has 1 aromatic carbocycles. The molecule has 2 N–H and O–H groups in total. The Morgan fingerprint density at radius 1 is 1.35 bits per heavy atom. The molecule has 1 aromatic heterocycles. The lowest BCUT2D eigenvalue weighted by atomic mass is 10.2. The quantitative estimate of drug-likeness (QED) is 0.845. The third-order valence-corrected chi connectivity index (χ3v) is 3.63. The molecule has 0 atom stereocenters. The molecule has 4 heteroatoms. The maximum atomic E-state index is 13.3. The summed E-state index contributed by atoms with van der Waals surface area (Å²) >= 11 is 1.74. The Labute approximate surface area is 104 Å². The third kappa shape index (κ3) is 2.97. The molecule has 0 saturated carbocycles. The number of nitrogens with zero attached hydrogens (tertiary/aromatic N) is 1. The molecule has 0 bridgehead atoms. The van der Waals surface area contributed by atoms with Crippen LogP contribution in [0.1, 0.15) is 4.88 Å². The second-order valence-electron chi connectivity index (χ2n) is 3.96. The van der Waals surface area contributed by atoms with Crippen LogP contribution in [-0.2, 0) is 6.42 Å². The molecule has 2 aromatic rings. The number of nitrogens with two attached hydrogens (primary N) is 1. The average Bonchev–Trinajstić information content (AvgIpc) is 2.82. The van der Waals surface area contributed by atoms with E-state index >= 15 is 0 Å². The summed E-state index contributed by atoms with van der Waals surface area (Å²) in [6, 6.07) is 9.08. The fourth-order valence-corrected chi connectivity index (χ4v) is 2.31. The van der Waals surface area contributed by atoms with E-state index in [9.17, 15) is 4.39 Å². The van der Waals surface area contributed by atoms with E-state index in [0.717, 1.165) is 18.7 Å². The highest BCUT2D eigenvalue weighted by atomic mass is 32.1. The Bertz CT molecular complexity index is 482.